The van der Waals surface area contributed by atoms with Crippen LogP contribution in [0, 0.1) is 0 Å². The molecule has 0 bridgehead atoms. The predicted octanol–water partition coefficient (Wildman–Crippen LogP) is 1.73. The van der Waals surface area contributed by atoms with Crippen LogP contribution in [0.15, 0.2) is 0 Å². The minimum atomic E-state index is -1.88. The molecular weight excluding hydrogens is 172 g/mol. The summed E-state index contributed by atoms with van der Waals surface area (Å²) in [6.07, 6.45) is 0.989. The minimum Gasteiger partial charge on any atom is -0.514 e. The van der Waals surface area contributed by atoms with E-state index in [2.05, 4.69) is 0 Å². The highest BCUT2D eigenvalue weighted by molar-refractivity contribution is 6.72. The monoisotopic (exact) mass is 188 g/mol. The molecule has 0 saturated carbocycles. The Labute approximate surface area is 74.2 Å². The Morgan fingerprint density at radius 1 is 1.25 bits per heavy atom. The van der Waals surface area contributed by atoms with Crippen LogP contribution in [0.2, 0.25) is 19.6 Å². The Morgan fingerprint density at radius 2 is 1.75 bits per heavy atom. The fourth-order valence-electron chi connectivity index (χ4n) is 0.664. The van der Waals surface area contributed by atoms with Crippen LogP contribution in [0.3, 0.4) is 0 Å². The molecule has 0 aliphatic rings. The van der Waals surface area contributed by atoms with Crippen LogP contribution in [0.5, 0.6) is 0 Å². The van der Waals surface area contributed by atoms with E-state index in [0.29, 0.717) is 12.8 Å². The van der Waals surface area contributed by atoms with Crippen LogP contribution in [0.1, 0.15) is 19.8 Å². The van der Waals surface area contributed by atoms with Gasteiger partial charge in [-0.25, -0.2) is 4.79 Å². The molecular formula is C8H16O3Si. The first kappa shape index (κ1) is 11.4. The molecule has 3 nitrogen and oxygen atoms in total. The summed E-state index contributed by atoms with van der Waals surface area (Å²) in [5.74, 6) is -1.06. The van der Waals surface area contributed by atoms with Crippen LogP contribution in [-0.4, -0.2) is 20.1 Å². The molecule has 0 aliphatic carbocycles. The smallest absolute Gasteiger partial charge is 0.361 e. The normalized spacial score (nSPS) is 11.0. The van der Waals surface area contributed by atoms with Gasteiger partial charge in [0.1, 0.15) is 0 Å². The Hall–Kier alpha value is -0.643. The Bertz CT molecular complexity index is 181. The van der Waals surface area contributed by atoms with Crippen LogP contribution in [-0.2, 0) is 14.0 Å². The van der Waals surface area contributed by atoms with Gasteiger partial charge < -0.3 is 4.43 Å². The summed E-state index contributed by atoms with van der Waals surface area (Å²) < 4.78 is 5.00. The molecule has 0 aromatic heterocycles. The molecule has 0 aliphatic heterocycles. The zero-order valence-electron chi connectivity index (χ0n) is 8.14. The maximum atomic E-state index is 11.0. The van der Waals surface area contributed by atoms with Crippen molar-refractivity contribution in [1.29, 1.82) is 0 Å². The first-order valence-electron chi connectivity index (χ1n) is 4.13. The number of rotatable bonds is 4. The summed E-state index contributed by atoms with van der Waals surface area (Å²) >= 11 is 0. The highest BCUT2D eigenvalue weighted by atomic mass is 28.4. The van der Waals surface area contributed by atoms with Crippen molar-refractivity contribution in [3.8, 4) is 0 Å². The zero-order chi connectivity index (χ0) is 9.78. The van der Waals surface area contributed by atoms with Crippen molar-refractivity contribution in [2.24, 2.45) is 0 Å². The maximum absolute atomic E-state index is 11.0. The van der Waals surface area contributed by atoms with E-state index in [1.807, 2.05) is 26.6 Å². The molecule has 70 valence electrons. The first-order valence-corrected chi connectivity index (χ1v) is 7.54. The van der Waals surface area contributed by atoms with Crippen LogP contribution >= 0.6 is 0 Å². The molecule has 0 fully saturated rings. The lowest BCUT2D eigenvalue weighted by Crippen LogP contribution is -2.32. The summed E-state index contributed by atoms with van der Waals surface area (Å²) in [7, 11) is -1.88. The van der Waals surface area contributed by atoms with E-state index >= 15 is 0 Å². The molecule has 0 saturated heterocycles. The van der Waals surface area contributed by atoms with Crippen molar-refractivity contribution in [2.45, 2.75) is 39.4 Å². The predicted molar refractivity (Wildman–Crippen MR) is 49.4 cm³/mol. The summed E-state index contributed by atoms with van der Waals surface area (Å²) in [4.78, 5) is 22.0. The molecule has 0 N–H and O–H groups in total. The molecule has 0 heterocycles. The van der Waals surface area contributed by atoms with Gasteiger partial charge in [-0.05, 0) is 26.1 Å². The van der Waals surface area contributed by atoms with Gasteiger partial charge in [0.05, 0.1) is 0 Å². The van der Waals surface area contributed by atoms with Gasteiger partial charge in [-0.2, -0.15) is 0 Å². The summed E-state index contributed by atoms with van der Waals surface area (Å²) in [6, 6.07) is 0. The average Bonchev–Trinajstić information content (AvgIpc) is 1.84. The maximum Gasteiger partial charge on any atom is 0.361 e. The van der Waals surface area contributed by atoms with Gasteiger partial charge in [-0.1, -0.05) is 6.92 Å². The summed E-state index contributed by atoms with van der Waals surface area (Å²) in [5.41, 5.74) is 0. The van der Waals surface area contributed by atoms with Crippen molar-refractivity contribution < 1.29 is 14.0 Å². The van der Waals surface area contributed by atoms with E-state index in [1.54, 1.807) is 0 Å². The standard InChI is InChI=1S/C8H16O3Si/c1-5-6-7(9)8(10)11-12(2,3)4/h5-6H2,1-4H3. The van der Waals surface area contributed by atoms with Gasteiger partial charge in [0.2, 0.25) is 14.1 Å². The van der Waals surface area contributed by atoms with Crippen molar-refractivity contribution >= 4 is 20.1 Å². The summed E-state index contributed by atoms with van der Waals surface area (Å²) in [5, 5.41) is 0. The molecule has 12 heavy (non-hydrogen) atoms. The van der Waals surface area contributed by atoms with Crippen LogP contribution < -0.4 is 0 Å². The van der Waals surface area contributed by atoms with Crippen molar-refractivity contribution in [2.75, 3.05) is 0 Å². The molecule has 0 rings (SSSR count). The second-order valence-corrected chi connectivity index (χ2v) is 8.10. The van der Waals surface area contributed by atoms with E-state index in [9.17, 15) is 9.59 Å². The molecule has 0 amide bonds. The number of Topliss-reactive ketones (excluding diaryl/α,β-unsaturated/α-hetero) is 1. The number of ketones is 1. The fraction of sp³-hybridized carbons (Fsp3) is 0.750. The first-order chi connectivity index (χ1) is 5.37. The van der Waals surface area contributed by atoms with Crippen LogP contribution in [0.25, 0.3) is 0 Å². The Kier molecular flexibility index (Phi) is 4.16. The van der Waals surface area contributed by atoms with Crippen molar-refractivity contribution in [1.82, 2.24) is 0 Å². The lowest BCUT2D eigenvalue weighted by Gasteiger charge is -2.16. The molecule has 0 aromatic carbocycles. The Morgan fingerprint density at radius 3 is 2.08 bits per heavy atom. The molecule has 4 heteroatoms. The zero-order valence-corrected chi connectivity index (χ0v) is 9.14. The van der Waals surface area contributed by atoms with E-state index in [-0.39, 0.29) is 0 Å². The Balaban J connectivity index is 3.97. The second kappa shape index (κ2) is 4.40. The van der Waals surface area contributed by atoms with Gasteiger partial charge >= 0.3 is 5.97 Å². The van der Waals surface area contributed by atoms with Gasteiger partial charge in [0.15, 0.2) is 0 Å². The van der Waals surface area contributed by atoms with Gasteiger partial charge in [0.25, 0.3) is 0 Å². The molecule has 0 atom stereocenters. The largest absolute Gasteiger partial charge is 0.514 e. The van der Waals surface area contributed by atoms with Crippen molar-refractivity contribution in [3.63, 3.8) is 0 Å². The number of carbonyl (C=O) groups excluding carboxylic acids is 2. The third kappa shape index (κ3) is 5.07. The number of carbonyl (C=O) groups is 2. The van der Waals surface area contributed by atoms with Crippen molar-refractivity contribution in [3.05, 3.63) is 0 Å². The van der Waals surface area contributed by atoms with Crippen LogP contribution in [0.4, 0.5) is 0 Å². The van der Waals surface area contributed by atoms with E-state index in [1.165, 1.54) is 0 Å². The molecule has 0 unspecified atom stereocenters. The lowest BCUT2D eigenvalue weighted by atomic mass is 10.2. The minimum absolute atomic E-state index is 0.295. The summed E-state index contributed by atoms with van der Waals surface area (Å²) in [6.45, 7) is 7.50. The van der Waals surface area contributed by atoms with E-state index in [0.717, 1.165) is 0 Å². The lowest BCUT2D eigenvalue weighted by molar-refractivity contribution is -0.147. The molecule has 0 spiro atoms. The van der Waals surface area contributed by atoms with Gasteiger partial charge in [-0.15, -0.1) is 0 Å². The highest BCUT2D eigenvalue weighted by Gasteiger charge is 2.23. The third-order valence-corrected chi connectivity index (χ3v) is 1.90. The third-order valence-electron chi connectivity index (χ3n) is 1.10. The highest BCUT2D eigenvalue weighted by Crippen LogP contribution is 2.04. The second-order valence-electron chi connectivity index (χ2n) is 3.68. The number of hydrogen-bond acceptors (Lipinski definition) is 3. The molecule has 0 radical (unpaired) electrons. The quantitative estimate of drug-likeness (QED) is 0.498. The SMILES string of the molecule is CCCC(=O)C(=O)O[Si](C)(C)C. The number of hydrogen-bond donors (Lipinski definition) is 0. The van der Waals surface area contributed by atoms with Gasteiger partial charge in [0, 0.05) is 6.42 Å². The molecule has 0 aromatic rings. The fourth-order valence-corrected chi connectivity index (χ4v) is 1.33. The van der Waals surface area contributed by atoms with Gasteiger partial charge in [-0.3, -0.25) is 4.79 Å². The average molecular weight is 188 g/mol. The topological polar surface area (TPSA) is 43.4 Å². The van der Waals surface area contributed by atoms with E-state index < -0.39 is 20.1 Å². The van der Waals surface area contributed by atoms with E-state index in [4.69, 9.17) is 4.43 Å².